The minimum atomic E-state index is -1.29. The molecule has 0 atom stereocenters. The normalized spacial score (nSPS) is 10.3. The Labute approximate surface area is 117 Å². The lowest BCUT2D eigenvalue weighted by Gasteiger charge is -2.05. The number of non-ortho nitro benzene ring substituents is 1. The third-order valence-electron chi connectivity index (χ3n) is 2.81. The maximum Gasteiger partial charge on any atom is 0.352 e. The topological polar surface area (TPSA) is 129 Å². The minimum Gasteiger partial charge on any atom is -0.477 e. The summed E-state index contributed by atoms with van der Waals surface area (Å²) in [5.41, 5.74) is -0.0429. The summed E-state index contributed by atoms with van der Waals surface area (Å²) in [7, 11) is 0. The molecule has 0 aliphatic rings. The molecule has 0 aliphatic carbocycles. The lowest BCUT2D eigenvalue weighted by atomic mass is 10.2. The van der Waals surface area contributed by atoms with Crippen LogP contribution < -0.4 is 0 Å². The van der Waals surface area contributed by atoms with Crippen molar-refractivity contribution in [2.45, 2.75) is 6.54 Å². The fraction of sp³-hybridized carbons (Fsp3) is 0.0833. The zero-order chi connectivity index (χ0) is 15.6. The average molecular weight is 291 g/mol. The van der Waals surface area contributed by atoms with Crippen LogP contribution in [-0.2, 0) is 6.54 Å². The van der Waals surface area contributed by atoms with Crippen molar-refractivity contribution < 1.29 is 19.7 Å². The van der Waals surface area contributed by atoms with Crippen molar-refractivity contribution in [2.75, 3.05) is 0 Å². The number of nitro benzene ring substituents is 1. The predicted octanol–water partition coefficient (Wildman–Crippen LogP) is 2.05. The van der Waals surface area contributed by atoms with E-state index in [1.165, 1.54) is 28.8 Å². The standard InChI is InChI=1S/C12H9N3O6/c16-12(17)11-5-10(15(20)21)7-13(11)6-8-1-3-9(4-2-8)14(18)19/h1-5,7H,6H2,(H,16,17). The smallest absolute Gasteiger partial charge is 0.352 e. The van der Waals surface area contributed by atoms with E-state index in [4.69, 9.17) is 5.11 Å². The quantitative estimate of drug-likeness (QED) is 0.663. The molecule has 1 aromatic carbocycles. The highest BCUT2D eigenvalue weighted by Crippen LogP contribution is 2.19. The first kappa shape index (κ1) is 14.2. The molecule has 0 bridgehead atoms. The molecule has 0 saturated heterocycles. The van der Waals surface area contributed by atoms with Gasteiger partial charge in [-0.3, -0.25) is 20.2 Å². The number of carboxylic acid groups (broad SMARTS) is 1. The van der Waals surface area contributed by atoms with Crippen molar-refractivity contribution in [1.82, 2.24) is 4.57 Å². The summed E-state index contributed by atoms with van der Waals surface area (Å²) in [6, 6.07) is 6.47. The Bertz CT molecular complexity index is 719. The Balaban J connectivity index is 2.32. The van der Waals surface area contributed by atoms with Crippen molar-refractivity contribution in [2.24, 2.45) is 0 Å². The first-order chi connectivity index (χ1) is 9.88. The molecule has 1 heterocycles. The molecule has 0 unspecified atom stereocenters. The number of benzene rings is 1. The fourth-order valence-corrected chi connectivity index (χ4v) is 1.82. The van der Waals surface area contributed by atoms with Gasteiger partial charge in [-0.15, -0.1) is 0 Å². The van der Waals surface area contributed by atoms with E-state index in [-0.39, 0.29) is 23.6 Å². The Hall–Kier alpha value is -3.23. The fourth-order valence-electron chi connectivity index (χ4n) is 1.82. The maximum atomic E-state index is 11.1. The van der Waals surface area contributed by atoms with E-state index in [1.807, 2.05) is 0 Å². The number of rotatable bonds is 5. The van der Waals surface area contributed by atoms with E-state index in [1.54, 1.807) is 0 Å². The van der Waals surface area contributed by atoms with Gasteiger partial charge < -0.3 is 9.67 Å². The molecule has 0 amide bonds. The molecule has 1 aromatic heterocycles. The van der Waals surface area contributed by atoms with Gasteiger partial charge in [0.25, 0.3) is 11.4 Å². The molecule has 21 heavy (non-hydrogen) atoms. The lowest BCUT2D eigenvalue weighted by molar-refractivity contribution is -0.385. The second kappa shape index (κ2) is 5.41. The molecule has 0 spiro atoms. The number of carbonyl (C=O) groups is 1. The van der Waals surface area contributed by atoms with E-state index in [9.17, 15) is 25.0 Å². The van der Waals surface area contributed by atoms with Crippen LogP contribution in [0.4, 0.5) is 11.4 Å². The van der Waals surface area contributed by atoms with E-state index in [2.05, 4.69) is 0 Å². The zero-order valence-electron chi connectivity index (χ0n) is 10.5. The molecule has 0 saturated carbocycles. The molecule has 2 rings (SSSR count). The molecule has 9 nitrogen and oxygen atoms in total. The molecular weight excluding hydrogens is 282 g/mol. The number of hydrogen-bond acceptors (Lipinski definition) is 5. The van der Waals surface area contributed by atoms with Crippen LogP contribution >= 0.6 is 0 Å². The Morgan fingerprint density at radius 2 is 1.67 bits per heavy atom. The molecule has 2 aromatic rings. The Morgan fingerprint density at radius 1 is 1.10 bits per heavy atom. The van der Waals surface area contributed by atoms with Crippen LogP contribution in [0.25, 0.3) is 0 Å². The van der Waals surface area contributed by atoms with E-state index >= 15 is 0 Å². The number of aromatic carboxylic acids is 1. The van der Waals surface area contributed by atoms with Crippen LogP contribution in [-0.4, -0.2) is 25.5 Å². The Kier molecular flexibility index (Phi) is 3.65. The van der Waals surface area contributed by atoms with Crippen LogP contribution in [0.5, 0.6) is 0 Å². The summed E-state index contributed by atoms with van der Waals surface area (Å²) in [6.07, 6.45) is 1.12. The van der Waals surface area contributed by atoms with Crippen molar-refractivity contribution in [3.8, 4) is 0 Å². The van der Waals surface area contributed by atoms with Crippen molar-refractivity contribution in [3.63, 3.8) is 0 Å². The third kappa shape index (κ3) is 3.03. The SMILES string of the molecule is O=C(O)c1cc([N+](=O)[O-])cn1Cc1ccc([N+](=O)[O-])cc1. The second-order valence-electron chi connectivity index (χ2n) is 4.20. The summed E-state index contributed by atoms with van der Waals surface area (Å²) in [6.45, 7) is 0.0630. The van der Waals surface area contributed by atoms with Gasteiger partial charge in [-0.2, -0.15) is 0 Å². The maximum absolute atomic E-state index is 11.1. The highest BCUT2D eigenvalue weighted by molar-refractivity contribution is 5.87. The van der Waals surface area contributed by atoms with Gasteiger partial charge in [-0.05, 0) is 5.56 Å². The first-order valence-electron chi connectivity index (χ1n) is 5.69. The highest BCUT2D eigenvalue weighted by Gasteiger charge is 2.19. The summed E-state index contributed by atoms with van der Waals surface area (Å²) >= 11 is 0. The zero-order valence-corrected chi connectivity index (χ0v) is 10.5. The van der Waals surface area contributed by atoms with Gasteiger partial charge in [0.2, 0.25) is 0 Å². The van der Waals surface area contributed by atoms with Crippen LogP contribution in [0.3, 0.4) is 0 Å². The van der Waals surface area contributed by atoms with E-state index in [0.717, 1.165) is 12.3 Å². The number of nitrogens with zero attached hydrogens (tertiary/aromatic N) is 3. The van der Waals surface area contributed by atoms with Crippen molar-refractivity contribution in [1.29, 1.82) is 0 Å². The van der Waals surface area contributed by atoms with Crippen molar-refractivity contribution >= 4 is 17.3 Å². The lowest BCUT2D eigenvalue weighted by Crippen LogP contribution is -2.08. The third-order valence-corrected chi connectivity index (χ3v) is 2.81. The monoisotopic (exact) mass is 291 g/mol. The van der Waals surface area contributed by atoms with Crippen LogP contribution in [0, 0.1) is 20.2 Å². The first-order valence-corrected chi connectivity index (χ1v) is 5.69. The molecule has 9 heteroatoms. The van der Waals surface area contributed by atoms with Crippen LogP contribution in [0.1, 0.15) is 16.1 Å². The van der Waals surface area contributed by atoms with Crippen LogP contribution in [0.15, 0.2) is 36.5 Å². The number of hydrogen-bond donors (Lipinski definition) is 1. The van der Waals surface area contributed by atoms with Crippen LogP contribution in [0.2, 0.25) is 0 Å². The molecule has 0 aliphatic heterocycles. The molecular formula is C12H9N3O6. The molecule has 0 fully saturated rings. The highest BCUT2D eigenvalue weighted by atomic mass is 16.6. The summed E-state index contributed by atoms with van der Waals surface area (Å²) in [5.74, 6) is -1.29. The average Bonchev–Trinajstić information content (AvgIpc) is 2.83. The van der Waals surface area contributed by atoms with Crippen molar-refractivity contribution in [3.05, 3.63) is 68.0 Å². The second-order valence-corrected chi connectivity index (χ2v) is 4.20. The van der Waals surface area contributed by atoms with E-state index < -0.39 is 15.8 Å². The van der Waals surface area contributed by atoms with Gasteiger partial charge in [-0.1, -0.05) is 12.1 Å². The van der Waals surface area contributed by atoms with Gasteiger partial charge in [-0.25, -0.2) is 4.79 Å². The largest absolute Gasteiger partial charge is 0.477 e. The molecule has 1 N–H and O–H groups in total. The Morgan fingerprint density at radius 3 is 2.14 bits per heavy atom. The van der Waals surface area contributed by atoms with Gasteiger partial charge >= 0.3 is 5.97 Å². The number of aromatic nitrogens is 1. The van der Waals surface area contributed by atoms with E-state index in [0.29, 0.717) is 5.56 Å². The molecule has 0 radical (unpaired) electrons. The number of carboxylic acids is 1. The summed E-state index contributed by atoms with van der Waals surface area (Å²) in [4.78, 5) is 31.1. The summed E-state index contributed by atoms with van der Waals surface area (Å²) in [5, 5.41) is 30.2. The predicted molar refractivity (Wildman–Crippen MR) is 70.2 cm³/mol. The van der Waals surface area contributed by atoms with Gasteiger partial charge in [0.15, 0.2) is 0 Å². The minimum absolute atomic E-state index is 0.0630. The van der Waals surface area contributed by atoms with Gasteiger partial charge in [0, 0.05) is 24.7 Å². The summed E-state index contributed by atoms with van der Waals surface area (Å²) < 4.78 is 1.21. The van der Waals surface area contributed by atoms with Gasteiger partial charge in [0.05, 0.1) is 16.0 Å². The number of nitro groups is 2. The van der Waals surface area contributed by atoms with Gasteiger partial charge in [0.1, 0.15) is 5.69 Å². The molecule has 108 valence electrons.